The lowest BCUT2D eigenvalue weighted by Gasteiger charge is -2.11. The Balaban J connectivity index is 2.01. The zero-order valence-electron chi connectivity index (χ0n) is 11.9. The predicted octanol–water partition coefficient (Wildman–Crippen LogP) is 2.12. The third-order valence-electron chi connectivity index (χ3n) is 3.67. The number of benzene rings is 1. The van der Waals surface area contributed by atoms with E-state index < -0.39 is 0 Å². The maximum absolute atomic E-state index is 12.2. The summed E-state index contributed by atoms with van der Waals surface area (Å²) in [4.78, 5) is 13.3. The zero-order chi connectivity index (χ0) is 14.3. The van der Waals surface area contributed by atoms with Crippen molar-refractivity contribution in [3.05, 3.63) is 28.6 Å². The van der Waals surface area contributed by atoms with Crippen LogP contribution < -0.4 is 15.6 Å². The molecule has 0 saturated heterocycles. The smallest absolute Gasteiger partial charge is 0.274 e. The Hall–Kier alpha value is -1.53. The molecule has 20 heavy (non-hydrogen) atoms. The fourth-order valence-electron chi connectivity index (χ4n) is 2.05. The summed E-state index contributed by atoms with van der Waals surface area (Å²) in [5.41, 5.74) is 0.193. The summed E-state index contributed by atoms with van der Waals surface area (Å²) in [5, 5.41) is 8.80. The van der Waals surface area contributed by atoms with Crippen LogP contribution in [-0.4, -0.2) is 22.4 Å². The highest BCUT2D eigenvalue weighted by molar-refractivity contribution is 7.97. The molecule has 5 nitrogen and oxygen atoms in total. The van der Waals surface area contributed by atoms with Gasteiger partial charge in [-0.05, 0) is 49.9 Å². The van der Waals surface area contributed by atoms with Crippen LogP contribution in [0.1, 0.15) is 19.8 Å². The molecule has 0 radical (unpaired) electrons. The Morgan fingerprint density at radius 2 is 2.10 bits per heavy atom. The van der Waals surface area contributed by atoms with Gasteiger partial charge in [-0.1, -0.05) is 0 Å². The van der Waals surface area contributed by atoms with E-state index in [9.17, 15) is 4.79 Å². The molecule has 3 rings (SSSR count). The Morgan fingerprint density at radius 3 is 2.75 bits per heavy atom. The van der Waals surface area contributed by atoms with Crippen LogP contribution in [0.2, 0.25) is 0 Å². The Labute approximate surface area is 121 Å². The monoisotopic (exact) mass is 290 g/mol. The first kappa shape index (κ1) is 13.5. The third-order valence-corrected chi connectivity index (χ3v) is 4.76. The molecule has 2 N–H and O–H groups in total. The van der Waals surface area contributed by atoms with E-state index in [0.717, 1.165) is 16.1 Å². The maximum atomic E-state index is 12.2. The van der Waals surface area contributed by atoms with Crippen molar-refractivity contribution in [3.8, 4) is 0 Å². The summed E-state index contributed by atoms with van der Waals surface area (Å²) in [6.07, 6.45) is 2.42. The number of anilines is 1. The Kier molecular flexibility index (Phi) is 3.22. The van der Waals surface area contributed by atoms with Gasteiger partial charge in [0.05, 0.1) is 5.39 Å². The minimum atomic E-state index is -0.0703. The third kappa shape index (κ3) is 2.41. The van der Waals surface area contributed by atoms with Crippen LogP contribution in [0.3, 0.4) is 0 Å². The minimum absolute atomic E-state index is 0.0703. The first-order valence-electron chi connectivity index (χ1n) is 6.65. The van der Waals surface area contributed by atoms with Crippen LogP contribution in [0, 0.1) is 0 Å². The average Bonchev–Trinajstić information content (AvgIpc) is 3.19. The normalized spacial score (nSPS) is 16.4. The molecule has 1 aromatic heterocycles. The van der Waals surface area contributed by atoms with Gasteiger partial charge < -0.3 is 5.32 Å². The number of rotatable bonds is 4. The van der Waals surface area contributed by atoms with Crippen molar-refractivity contribution in [1.29, 1.82) is 0 Å². The summed E-state index contributed by atoms with van der Waals surface area (Å²) in [5.74, 6) is 0.723. The van der Waals surface area contributed by atoms with E-state index in [4.69, 9.17) is 0 Å². The molecule has 0 aliphatic heterocycles. The van der Waals surface area contributed by atoms with Gasteiger partial charge in [0.25, 0.3) is 5.56 Å². The number of aryl methyl sites for hydroxylation is 1. The van der Waals surface area contributed by atoms with Gasteiger partial charge in [-0.15, -0.1) is 0 Å². The first-order valence-corrected chi connectivity index (χ1v) is 7.47. The van der Waals surface area contributed by atoms with Crippen LogP contribution in [0.25, 0.3) is 10.8 Å². The number of nitrogens with one attached hydrogen (secondary N) is 2. The van der Waals surface area contributed by atoms with E-state index in [1.807, 2.05) is 25.2 Å². The second-order valence-electron chi connectivity index (χ2n) is 5.50. The molecule has 0 atom stereocenters. The van der Waals surface area contributed by atoms with Crippen LogP contribution in [0.5, 0.6) is 0 Å². The van der Waals surface area contributed by atoms with Gasteiger partial charge in [-0.3, -0.25) is 9.52 Å². The van der Waals surface area contributed by atoms with Gasteiger partial charge in [0.1, 0.15) is 0 Å². The lowest BCUT2D eigenvalue weighted by molar-refractivity contribution is 0.701. The van der Waals surface area contributed by atoms with E-state index in [1.165, 1.54) is 17.5 Å². The van der Waals surface area contributed by atoms with E-state index in [2.05, 4.69) is 22.1 Å². The summed E-state index contributed by atoms with van der Waals surface area (Å²) in [6.45, 7) is 2.21. The Bertz CT molecular complexity index is 721. The topological polar surface area (TPSA) is 59.0 Å². The highest BCUT2D eigenvalue weighted by atomic mass is 32.2. The molecule has 0 spiro atoms. The predicted molar refractivity (Wildman–Crippen MR) is 83.2 cm³/mol. The van der Waals surface area contributed by atoms with Gasteiger partial charge in [-0.2, -0.15) is 5.10 Å². The van der Waals surface area contributed by atoms with Crippen LogP contribution in [0.15, 0.2) is 27.9 Å². The molecule has 1 aliphatic rings. The molecule has 6 heteroatoms. The number of hydrogen-bond donors (Lipinski definition) is 2. The van der Waals surface area contributed by atoms with Crippen molar-refractivity contribution in [2.75, 3.05) is 12.4 Å². The lowest BCUT2D eigenvalue weighted by atomic mass is 10.2. The van der Waals surface area contributed by atoms with Crippen molar-refractivity contribution in [2.45, 2.75) is 30.2 Å². The molecule has 0 bridgehead atoms. The maximum Gasteiger partial charge on any atom is 0.274 e. The van der Waals surface area contributed by atoms with Gasteiger partial charge in [0.15, 0.2) is 5.82 Å². The van der Waals surface area contributed by atoms with E-state index >= 15 is 0 Å². The molecule has 106 valence electrons. The van der Waals surface area contributed by atoms with Gasteiger partial charge in [0, 0.05) is 29.9 Å². The standard InChI is InChI=1S/C14H18N4OS/c1-14(6-7-14)17-20-9-4-5-10-11(8-9)13(19)18(3)16-12(10)15-2/h4-5,8,17H,6-7H2,1-3H3,(H,15,16). The molecule has 1 saturated carbocycles. The number of nitrogens with zero attached hydrogens (tertiary/aromatic N) is 2. The summed E-state index contributed by atoms with van der Waals surface area (Å²) in [6, 6.07) is 5.91. The molecule has 1 aliphatic carbocycles. The second-order valence-corrected chi connectivity index (χ2v) is 6.38. The van der Waals surface area contributed by atoms with Crippen LogP contribution in [0.4, 0.5) is 5.82 Å². The van der Waals surface area contributed by atoms with Crippen molar-refractivity contribution in [1.82, 2.24) is 14.5 Å². The van der Waals surface area contributed by atoms with E-state index in [1.54, 1.807) is 19.0 Å². The first-order chi connectivity index (χ1) is 9.52. The number of fused-ring (bicyclic) bond motifs is 1. The zero-order valence-corrected chi connectivity index (χ0v) is 12.7. The van der Waals surface area contributed by atoms with Crippen LogP contribution in [-0.2, 0) is 7.05 Å². The quantitative estimate of drug-likeness (QED) is 0.845. The number of hydrogen-bond acceptors (Lipinski definition) is 5. The van der Waals surface area contributed by atoms with Crippen molar-refractivity contribution >= 4 is 28.5 Å². The molecule has 1 heterocycles. The van der Waals surface area contributed by atoms with Gasteiger partial charge >= 0.3 is 0 Å². The molecular weight excluding hydrogens is 272 g/mol. The molecule has 1 fully saturated rings. The van der Waals surface area contributed by atoms with E-state index in [0.29, 0.717) is 5.39 Å². The summed E-state index contributed by atoms with van der Waals surface area (Å²) >= 11 is 1.59. The molecule has 1 aromatic carbocycles. The van der Waals surface area contributed by atoms with Gasteiger partial charge in [0.2, 0.25) is 0 Å². The summed E-state index contributed by atoms with van der Waals surface area (Å²) < 4.78 is 4.83. The van der Waals surface area contributed by atoms with Crippen molar-refractivity contribution in [2.24, 2.45) is 7.05 Å². The molecule has 2 aromatic rings. The fraction of sp³-hybridized carbons (Fsp3) is 0.429. The molecule has 0 amide bonds. The molecule has 0 unspecified atom stereocenters. The number of aromatic nitrogens is 2. The highest BCUT2D eigenvalue weighted by Gasteiger charge is 2.37. The largest absolute Gasteiger partial charge is 0.371 e. The summed E-state index contributed by atoms with van der Waals surface area (Å²) in [7, 11) is 3.48. The average molecular weight is 290 g/mol. The SMILES string of the molecule is CNc1nn(C)c(=O)c2cc(SNC3(C)CC3)ccc12. The second kappa shape index (κ2) is 4.79. The lowest BCUT2D eigenvalue weighted by Crippen LogP contribution is -2.21. The van der Waals surface area contributed by atoms with Crippen molar-refractivity contribution < 1.29 is 0 Å². The van der Waals surface area contributed by atoms with E-state index in [-0.39, 0.29) is 11.1 Å². The van der Waals surface area contributed by atoms with Crippen LogP contribution >= 0.6 is 11.9 Å². The molecular formula is C14H18N4OS. The highest BCUT2D eigenvalue weighted by Crippen LogP contribution is 2.37. The van der Waals surface area contributed by atoms with Crippen molar-refractivity contribution in [3.63, 3.8) is 0 Å². The van der Waals surface area contributed by atoms with Gasteiger partial charge in [-0.25, -0.2) is 4.68 Å². The fourth-order valence-corrected chi connectivity index (χ4v) is 2.93. The Morgan fingerprint density at radius 1 is 1.35 bits per heavy atom. The minimum Gasteiger partial charge on any atom is -0.371 e.